The van der Waals surface area contributed by atoms with Gasteiger partial charge in [-0.15, -0.1) is 0 Å². The van der Waals surface area contributed by atoms with E-state index in [1.54, 1.807) is 6.26 Å². The van der Waals surface area contributed by atoms with Gasteiger partial charge in [-0.05, 0) is 25.8 Å². The van der Waals surface area contributed by atoms with E-state index in [2.05, 4.69) is 0 Å². The van der Waals surface area contributed by atoms with E-state index in [0.717, 1.165) is 11.3 Å². The Hall–Kier alpha value is -0.800. The van der Waals surface area contributed by atoms with Gasteiger partial charge >= 0.3 is 0 Å². The lowest BCUT2D eigenvalue weighted by Gasteiger charge is -2.42. The van der Waals surface area contributed by atoms with Gasteiger partial charge in [-0.2, -0.15) is 0 Å². The van der Waals surface area contributed by atoms with Crippen LogP contribution in [0.2, 0.25) is 0 Å². The highest BCUT2D eigenvalue weighted by molar-refractivity contribution is 5.29. The zero-order valence-corrected chi connectivity index (χ0v) is 7.08. The SMILES string of the molecule is Cc1occc1C1(N)CC(O)C1. The molecule has 0 saturated heterocycles. The topological polar surface area (TPSA) is 59.4 Å². The summed E-state index contributed by atoms with van der Waals surface area (Å²) >= 11 is 0. The Balaban J connectivity index is 2.26. The van der Waals surface area contributed by atoms with Gasteiger partial charge in [0.05, 0.1) is 12.4 Å². The third-order valence-corrected chi connectivity index (χ3v) is 2.59. The van der Waals surface area contributed by atoms with E-state index in [9.17, 15) is 0 Å². The van der Waals surface area contributed by atoms with Gasteiger partial charge in [0.25, 0.3) is 0 Å². The zero-order chi connectivity index (χ0) is 8.77. The minimum absolute atomic E-state index is 0.232. The summed E-state index contributed by atoms with van der Waals surface area (Å²) in [6.07, 6.45) is 2.70. The maximum atomic E-state index is 9.16. The summed E-state index contributed by atoms with van der Waals surface area (Å²) in [7, 11) is 0. The molecule has 1 aromatic heterocycles. The molecule has 2 rings (SSSR count). The van der Waals surface area contributed by atoms with Crippen molar-refractivity contribution in [3.63, 3.8) is 0 Å². The monoisotopic (exact) mass is 167 g/mol. The quantitative estimate of drug-likeness (QED) is 0.653. The van der Waals surface area contributed by atoms with Crippen molar-refractivity contribution in [3.05, 3.63) is 23.7 Å². The highest BCUT2D eigenvalue weighted by Gasteiger charge is 2.43. The van der Waals surface area contributed by atoms with Crippen LogP contribution in [0, 0.1) is 6.92 Å². The maximum Gasteiger partial charge on any atom is 0.105 e. The number of rotatable bonds is 1. The fourth-order valence-electron chi connectivity index (χ4n) is 1.90. The van der Waals surface area contributed by atoms with Crippen molar-refractivity contribution >= 4 is 0 Å². The Morgan fingerprint density at radius 3 is 2.75 bits per heavy atom. The summed E-state index contributed by atoms with van der Waals surface area (Å²) in [5, 5.41) is 9.16. The van der Waals surface area contributed by atoms with Crippen molar-refractivity contribution in [1.82, 2.24) is 0 Å². The van der Waals surface area contributed by atoms with Crippen molar-refractivity contribution in [2.24, 2.45) is 5.73 Å². The number of hydrogen-bond donors (Lipinski definition) is 2. The van der Waals surface area contributed by atoms with E-state index in [1.165, 1.54) is 0 Å². The second-order valence-electron chi connectivity index (χ2n) is 3.61. The van der Waals surface area contributed by atoms with E-state index >= 15 is 0 Å². The molecule has 1 aliphatic carbocycles. The van der Waals surface area contributed by atoms with Crippen LogP contribution < -0.4 is 5.73 Å². The van der Waals surface area contributed by atoms with Crippen molar-refractivity contribution in [2.75, 3.05) is 0 Å². The molecule has 0 spiro atoms. The molecular weight excluding hydrogens is 154 g/mol. The third kappa shape index (κ3) is 0.974. The first-order valence-corrected chi connectivity index (χ1v) is 4.13. The lowest BCUT2D eigenvalue weighted by molar-refractivity contribution is 0.0203. The molecule has 12 heavy (non-hydrogen) atoms. The summed E-state index contributed by atoms with van der Waals surface area (Å²) in [5.41, 5.74) is 6.74. The number of hydrogen-bond acceptors (Lipinski definition) is 3. The summed E-state index contributed by atoms with van der Waals surface area (Å²) in [6.45, 7) is 1.90. The van der Waals surface area contributed by atoms with Crippen LogP contribution in [0.1, 0.15) is 24.2 Å². The molecule has 3 nitrogen and oxygen atoms in total. The molecule has 3 N–H and O–H groups in total. The molecule has 1 saturated carbocycles. The third-order valence-electron chi connectivity index (χ3n) is 2.59. The smallest absolute Gasteiger partial charge is 0.105 e. The summed E-state index contributed by atoms with van der Waals surface area (Å²) in [4.78, 5) is 0. The summed E-state index contributed by atoms with van der Waals surface area (Å²) in [6, 6.07) is 1.89. The van der Waals surface area contributed by atoms with Gasteiger partial charge in [-0.3, -0.25) is 0 Å². The standard InChI is InChI=1S/C9H13NO2/c1-6-8(2-3-12-6)9(10)4-7(11)5-9/h2-3,7,11H,4-5,10H2,1H3. The van der Waals surface area contributed by atoms with Gasteiger partial charge in [-0.1, -0.05) is 0 Å². The predicted octanol–water partition coefficient (Wildman–Crippen LogP) is 0.897. The maximum absolute atomic E-state index is 9.16. The van der Waals surface area contributed by atoms with Crippen LogP contribution >= 0.6 is 0 Å². The minimum Gasteiger partial charge on any atom is -0.469 e. The molecule has 66 valence electrons. The second-order valence-corrected chi connectivity index (χ2v) is 3.61. The first-order chi connectivity index (χ1) is 5.62. The van der Waals surface area contributed by atoms with Crippen LogP contribution in [-0.4, -0.2) is 11.2 Å². The van der Waals surface area contributed by atoms with Crippen LogP contribution in [0.4, 0.5) is 0 Å². The van der Waals surface area contributed by atoms with E-state index in [1.807, 2.05) is 13.0 Å². The van der Waals surface area contributed by atoms with Gasteiger partial charge in [0.1, 0.15) is 5.76 Å². The lowest BCUT2D eigenvalue weighted by Crippen LogP contribution is -2.51. The molecule has 0 bridgehead atoms. The van der Waals surface area contributed by atoms with Crippen molar-refractivity contribution in [1.29, 1.82) is 0 Å². The van der Waals surface area contributed by atoms with Crippen molar-refractivity contribution < 1.29 is 9.52 Å². The molecule has 0 radical (unpaired) electrons. The second kappa shape index (κ2) is 2.34. The van der Waals surface area contributed by atoms with Crippen LogP contribution in [0.15, 0.2) is 16.7 Å². The first-order valence-electron chi connectivity index (χ1n) is 4.13. The predicted molar refractivity (Wildman–Crippen MR) is 44.6 cm³/mol. The Morgan fingerprint density at radius 1 is 1.67 bits per heavy atom. The average Bonchev–Trinajstić information content (AvgIpc) is 2.32. The van der Waals surface area contributed by atoms with Gasteiger partial charge in [0.15, 0.2) is 0 Å². The average molecular weight is 167 g/mol. The Morgan fingerprint density at radius 2 is 2.33 bits per heavy atom. The molecule has 1 fully saturated rings. The molecular formula is C9H13NO2. The fraction of sp³-hybridized carbons (Fsp3) is 0.556. The number of aryl methyl sites for hydroxylation is 1. The number of aliphatic hydroxyl groups is 1. The Labute approximate surface area is 71.2 Å². The largest absolute Gasteiger partial charge is 0.469 e. The van der Waals surface area contributed by atoms with Crippen molar-refractivity contribution in [2.45, 2.75) is 31.4 Å². The fourth-order valence-corrected chi connectivity index (χ4v) is 1.90. The molecule has 0 aromatic carbocycles. The van der Waals surface area contributed by atoms with Crippen LogP contribution in [0.5, 0.6) is 0 Å². The van der Waals surface area contributed by atoms with Gasteiger partial charge in [0.2, 0.25) is 0 Å². The van der Waals surface area contributed by atoms with Gasteiger partial charge in [0, 0.05) is 11.1 Å². The van der Waals surface area contributed by atoms with E-state index < -0.39 is 0 Å². The number of aliphatic hydroxyl groups excluding tert-OH is 1. The normalized spacial score (nSPS) is 34.8. The van der Waals surface area contributed by atoms with E-state index in [-0.39, 0.29) is 11.6 Å². The molecule has 0 amide bonds. The number of furan rings is 1. The van der Waals surface area contributed by atoms with Gasteiger partial charge in [-0.25, -0.2) is 0 Å². The molecule has 0 atom stereocenters. The first kappa shape index (κ1) is 7.83. The molecule has 3 heteroatoms. The molecule has 0 aliphatic heterocycles. The summed E-state index contributed by atoms with van der Waals surface area (Å²) in [5.74, 6) is 0.865. The highest BCUT2D eigenvalue weighted by Crippen LogP contribution is 2.40. The number of nitrogens with two attached hydrogens (primary N) is 1. The Kier molecular flexibility index (Phi) is 1.53. The van der Waals surface area contributed by atoms with Gasteiger partial charge < -0.3 is 15.3 Å². The van der Waals surface area contributed by atoms with E-state index in [4.69, 9.17) is 15.3 Å². The van der Waals surface area contributed by atoms with Crippen LogP contribution in [0.25, 0.3) is 0 Å². The lowest BCUT2D eigenvalue weighted by atomic mass is 9.71. The Bertz CT molecular complexity index is 286. The van der Waals surface area contributed by atoms with Crippen LogP contribution in [0.3, 0.4) is 0 Å². The van der Waals surface area contributed by atoms with E-state index in [0.29, 0.717) is 12.8 Å². The molecule has 1 aliphatic rings. The summed E-state index contributed by atoms with van der Waals surface area (Å²) < 4.78 is 5.16. The minimum atomic E-state index is -0.337. The molecule has 1 aromatic rings. The molecule has 0 unspecified atom stereocenters. The van der Waals surface area contributed by atoms with Crippen LogP contribution in [-0.2, 0) is 5.54 Å². The zero-order valence-electron chi connectivity index (χ0n) is 7.08. The highest BCUT2D eigenvalue weighted by atomic mass is 16.3. The van der Waals surface area contributed by atoms with Crippen molar-refractivity contribution in [3.8, 4) is 0 Å². The molecule has 1 heterocycles.